The molecule has 1 atom stereocenters. The zero-order valence-electron chi connectivity index (χ0n) is 10.3. The molecular formula is C14H17NO3. The van der Waals surface area contributed by atoms with Crippen molar-refractivity contribution in [3.8, 4) is 5.75 Å². The molecule has 0 bridgehead atoms. The summed E-state index contributed by atoms with van der Waals surface area (Å²) in [5, 5.41) is 11.7. The van der Waals surface area contributed by atoms with Crippen LogP contribution in [0, 0.1) is 5.92 Å². The van der Waals surface area contributed by atoms with Crippen LogP contribution in [-0.4, -0.2) is 30.8 Å². The molecule has 1 unspecified atom stereocenters. The molecule has 2 rings (SSSR count). The topological polar surface area (TPSA) is 58.6 Å². The summed E-state index contributed by atoms with van der Waals surface area (Å²) in [6.45, 7) is 2.70. The molecule has 96 valence electrons. The Morgan fingerprint density at radius 2 is 2.28 bits per heavy atom. The second kappa shape index (κ2) is 5.69. The van der Waals surface area contributed by atoms with Gasteiger partial charge < -0.3 is 15.2 Å². The molecule has 1 amide bonds. The predicted octanol–water partition coefficient (Wildman–Crippen LogP) is 1.21. The van der Waals surface area contributed by atoms with Gasteiger partial charge in [0.1, 0.15) is 12.4 Å². The molecule has 0 fully saturated rings. The number of aliphatic hydroxyl groups excluding tert-OH is 1. The standard InChI is InChI=1S/C14H17NO3/c1-10(8-16)7-15-14(17)12-6-11-4-2-3-5-13(11)18-9-12/h2-6,10,16H,7-9H2,1H3,(H,15,17). The summed E-state index contributed by atoms with van der Waals surface area (Å²) in [5.74, 6) is 0.730. The minimum Gasteiger partial charge on any atom is -0.488 e. The minimum atomic E-state index is -0.134. The third kappa shape index (κ3) is 2.90. The van der Waals surface area contributed by atoms with Crippen molar-refractivity contribution in [3.05, 3.63) is 35.4 Å². The molecule has 2 N–H and O–H groups in total. The van der Waals surface area contributed by atoms with Crippen LogP contribution < -0.4 is 10.1 Å². The fraction of sp³-hybridized carbons (Fsp3) is 0.357. The van der Waals surface area contributed by atoms with Crippen molar-refractivity contribution in [3.63, 3.8) is 0 Å². The van der Waals surface area contributed by atoms with Crippen molar-refractivity contribution >= 4 is 12.0 Å². The molecule has 1 heterocycles. The number of amides is 1. The first-order chi connectivity index (χ1) is 8.70. The highest BCUT2D eigenvalue weighted by atomic mass is 16.5. The largest absolute Gasteiger partial charge is 0.488 e. The van der Waals surface area contributed by atoms with Gasteiger partial charge in [-0.05, 0) is 18.1 Å². The Hall–Kier alpha value is -1.81. The Morgan fingerprint density at radius 3 is 3.06 bits per heavy atom. The van der Waals surface area contributed by atoms with Gasteiger partial charge in [0.2, 0.25) is 0 Å². The van der Waals surface area contributed by atoms with Gasteiger partial charge >= 0.3 is 0 Å². The summed E-state index contributed by atoms with van der Waals surface area (Å²) in [7, 11) is 0. The average Bonchev–Trinajstić information content (AvgIpc) is 2.43. The highest BCUT2D eigenvalue weighted by Crippen LogP contribution is 2.25. The van der Waals surface area contributed by atoms with Gasteiger partial charge in [-0.15, -0.1) is 0 Å². The molecule has 0 saturated carbocycles. The lowest BCUT2D eigenvalue weighted by molar-refractivity contribution is -0.118. The van der Waals surface area contributed by atoms with Gasteiger partial charge in [-0.2, -0.15) is 0 Å². The molecule has 0 aromatic heterocycles. The predicted molar refractivity (Wildman–Crippen MR) is 69.2 cm³/mol. The highest BCUT2D eigenvalue weighted by molar-refractivity contribution is 5.99. The summed E-state index contributed by atoms with van der Waals surface area (Å²) in [6.07, 6.45) is 1.85. The molecule has 4 heteroatoms. The smallest absolute Gasteiger partial charge is 0.250 e. The zero-order chi connectivity index (χ0) is 13.0. The molecule has 0 saturated heterocycles. The SMILES string of the molecule is CC(CO)CNC(=O)C1=Cc2ccccc2OC1. The molecule has 18 heavy (non-hydrogen) atoms. The number of carbonyl (C=O) groups excluding carboxylic acids is 1. The number of benzene rings is 1. The lowest BCUT2D eigenvalue weighted by atomic mass is 10.1. The van der Waals surface area contributed by atoms with Gasteiger partial charge in [0.25, 0.3) is 5.91 Å². The number of rotatable bonds is 4. The average molecular weight is 247 g/mol. The number of para-hydroxylation sites is 1. The summed E-state index contributed by atoms with van der Waals surface area (Å²) >= 11 is 0. The van der Waals surface area contributed by atoms with E-state index in [2.05, 4.69) is 5.32 Å². The molecule has 1 aliphatic heterocycles. The Kier molecular flexibility index (Phi) is 3.99. The number of hydrogen-bond acceptors (Lipinski definition) is 3. The van der Waals surface area contributed by atoms with Crippen molar-refractivity contribution in [2.75, 3.05) is 19.8 Å². The van der Waals surface area contributed by atoms with E-state index < -0.39 is 0 Å². The number of hydrogen-bond donors (Lipinski definition) is 2. The van der Waals surface area contributed by atoms with Crippen LogP contribution in [0.4, 0.5) is 0 Å². The lowest BCUT2D eigenvalue weighted by Gasteiger charge is -2.18. The highest BCUT2D eigenvalue weighted by Gasteiger charge is 2.16. The van der Waals surface area contributed by atoms with E-state index in [0.29, 0.717) is 12.1 Å². The van der Waals surface area contributed by atoms with Gasteiger partial charge in [0, 0.05) is 18.7 Å². The number of carbonyl (C=O) groups is 1. The van der Waals surface area contributed by atoms with Crippen molar-refractivity contribution in [2.45, 2.75) is 6.92 Å². The molecule has 1 aromatic carbocycles. The van der Waals surface area contributed by atoms with Crippen LogP contribution in [0.2, 0.25) is 0 Å². The van der Waals surface area contributed by atoms with E-state index in [0.717, 1.165) is 11.3 Å². The lowest BCUT2D eigenvalue weighted by Crippen LogP contribution is -2.32. The van der Waals surface area contributed by atoms with Gasteiger partial charge in [0.15, 0.2) is 0 Å². The maximum atomic E-state index is 11.9. The van der Waals surface area contributed by atoms with Gasteiger partial charge in [-0.25, -0.2) is 0 Å². The summed E-state index contributed by atoms with van der Waals surface area (Å²) in [6, 6.07) is 7.61. The van der Waals surface area contributed by atoms with Gasteiger partial charge in [-0.3, -0.25) is 4.79 Å². The second-order valence-electron chi connectivity index (χ2n) is 4.49. The molecule has 0 spiro atoms. The maximum absolute atomic E-state index is 11.9. The summed E-state index contributed by atoms with van der Waals surface area (Å²) in [4.78, 5) is 11.9. The van der Waals surface area contributed by atoms with Crippen LogP contribution in [0.1, 0.15) is 12.5 Å². The van der Waals surface area contributed by atoms with Gasteiger partial charge in [-0.1, -0.05) is 25.1 Å². The number of aliphatic hydroxyl groups is 1. The Bertz CT molecular complexity index is 468. The van der Waals surface area contributed by atoms with E-state index in [9.17, 15) is 4.79 Å². The number of fused-ring (bicyclic) bond motifs is 1. The Labute approximate surface area is 106 Å². The van der Waals surface area contributed by atoms with Crippen molar-refractivity contribution in [2.24, 2.45) is 5.92 Å². The van der Waals surface area contributed by atoms with Crippen LogP contribution in [0.5, 0.6) is 5.75 Å². The van der Waals surface area contributed by atoms with E-state index in [1.807, 2.05) is 37.3 Å². The van der Waals surface area contributed by atoms with Crippen LogP contribution >= 0.6 is 0 Å². The first-order valence-electron chi connectivity index (χ1n) is 6.02. The zero-order valence-corrected chi connectivity index (χ0v) is 10.3. The summed E-state index contributed by atoms with van der Waals surface area (Å²) in [5.41, 5.74) is 1.53. The minimum absolute atomic E-state index is 0.0614. The molecule has 4 nitrogen and oxygen atoms in total. The van der Waals surface area contributed by atoms with Gasteiger partial charge in [0.05, 0.1) is 5.57 Å². The maximum Gasteiger partial charge on any atom is 0.250 e. The fourth-order valence-electron chi connectivity index (χ4n) is 1.69. The van der Waals surface area contributed by atoms with E-state index in [1.54, 1.807) is 0 Å². The fourth-order valence-corrected chi connectivity index (χ4v) is 1.69. The Balaban J connectivity index is 2.02. The van der Waals surface area contributed by atoms with Crippen molar-refractivity contribution in [1.82, 2.24) is 5.32 Å². The van der Waals surface area contributed by atoms with E-state index in [1.165, 1.54) is 0 Å². The second-order valence-corrected chi connectivity index (χ2v) is 4.49. The monoisotopic (exact) mass is 247 g/mol. The third-order valence-electron chi connectivity index (χ3n) is 2.85. The first-order valence-corrected chi connectivity index (χ1v) is 6.02. The molecule has 1 aromatic rings. The first kappa shape index (κ1) is 12.6. The van der Waals surface area contributed by atoms with E-state index in [4.69, 9.17) is 9.84 Å². The van der Waals surface area contributed by atoms with Crippen LogP contribution in [-0.2, 0) is 4.79 Å². The van der Waals surface area contributed by atoms with Crippen molar-refractivity contribution < 1.29 is 14.6 Å². The quantitative estimate of drug-likeness (QED) is 0.840. The van der Waals surface area contributed by atoms with E-state index in [-0.39, 0.29) is 25.0 Å². The Morgan fingerprint density at radius 1 is 1.50 bits per heavy atom. The van der Waals surface area contributed by atoms with Crippen LogP contribution in [0.25, 0.3) is 6.08 Å². The molecule has 0 aliphatic carbocycles. The molecule has 1 aliphatic rings. The third-order valence-corrected chi connectivity index (χ3v) is 2.85. The summed E-state index contributed by atoms with van der Waals surface area (Å²) < 4.78 is 5.51. The molecule has 0 radical (unpaired) electrons. The van der Waals surface area contributed by atoms with Crippen molar-refractivity contribution in [1.29, 1.82) is 0 Å². The normalized spacial score (nSPS) is 15.1. The number of ether oxygens (including phenoxy) is 1. The van der Waals surface area contributed by atoms with Crippen LogP contribution in [0.15, 0.2) is 29.8 Å². The van der Waals surface area contributed by atoms with E-state index >= 15 is 0 Å². The van der Waals surface area contributed by atoms with Crippen LogP contribution in [0.3, 0.4) is 0 Å². The molecular weight excluding hydrogens is 230 g/mol. The number of nitrogens with one attached hydrogen (secondary N) is 1.